The summed E-state index contributed by atoms with van der Waals surface area (Å²) in [6, 6.07) is 2.58. The molecule has 0 aliphatic carbocycles. The minimum absolute atomic E-state index is 0.0169. The highest BCUT2D eigenvalue weighted by Gasteiger charge is 2.23. The van der Waals surface area contributed by atoms with Crippen molar-refractivity contribution in [2.75, 3.05) is 24.6 Å². The van der Waals surface area contributed by atoms with Crippen LogP contribution in [0.2, 0.25) is 0 Å². The topological polar surface area (TPSA) is 38.5 Å². The molecule has 1 aromatic carbocycles. The first-order valence-electron chi connectivity index (χ1n) is 5.66. The van der Waals surface area contributed by atoms with Gasteiger partial charge in [-0.2, -0.15) is 0 Å². The molecule has 0 amide bonds. The Hall–Kier alpha value is -1.20. The van der Waals surface area contributed by atoms with Crippen LogP contribution in [0.3, 0.4) is 0 Å². The summed E-state index contributed by atoms with van der Waals surface area (Å²) in [5.74, 6) is -1.11. The molecule has 3 nitrogen and oxygen atoms in total. The Bertz CT molecular complexity index is 388. The Morgan fingerprint density at radius 2 is 2.06 bits per heavy atom. The van der Waals surface area contributed by atoms with E-state index in [0.29, 0.717) is 25.3 Å². The molecule has 2 rings (SSSR count). The SMILES string of the molecule is CC1CN(c2c(F)cc(CN)cc2F)CCO1. The van der Waals surface area contributed by atoms with Crippen LogP contribution in [-0.4, -0.2) is 25.8 Å². The van der Waals surface area contributed by atoms with E-state index in [-0.39, 0.29) is 18.3 Å². The van der Waals surface area contributed by atoms with Gasteiger partial charge in [0.05, 0.1) is 12.7 Å². The van der Waals surface area contributed by atoms with E-state index < -0.39 is 11.6 Å². The average molecular weight is 242 g/mol. The number of morpholine rings is 1. The van der Waals surface area contributed by atoms with Crippen molar-refractivity contribution in [3.05, 3.63) is 29.3 Å². The van der Waals surface area contributed by atoms with E-state index in [0.717, 1.165) is 0 Å². The van der Waals surface area contributed by atoms with Gasteiger partial charge in [0.15, 0.2) is 0 Å². The molecule has 1 fully saturated rings. The first-order valence-corrected chi connectivity index (χ1v) is 5.66. The standard InChI is InChI=1S/C12H16F2N2O/c1-8-7-16(2-3-17-8)12-10(13)4-9(6-15)5-11(12)14/h4-5,8H,2-3,6-7,15H2,1H3. The summed E-state index contributed by atoms with van der Waals surface area (Å²) in [4.78, 5) is 1.68. The number of hydrogen-bond acceptors (Lipinski definition) is 3. The number of nitrogens with two attached hydrogens (primary N) is 1. The molecule has 0 spiro atoms. The van der Waals surface area contributed by atoms with E-state index in [1.807, 2.05) is 6.92 Å². The first-order chi connectivity index (χ1) is 8.11. The maximum Gasteiger partial charge on any atom is 0.149 e. The van der Waals surface area contributed by atoms with Crippen molar-refractivity contribution in [1.29, 1.82) is 0 Å². The van der Waals surface area contributed by atoms with Gasteiger partial charge in [0, 0.05) is 19.6 Å². The molecule has 1 aliphatic rings. The van der Waals surface area contributed by atoms with Gasteiger partial charge >= 0.3 is 0 Å². The van der Waals surface area contributed by atoms with E-state index >= 15 is 0 Å². The van der Waals surface area contributed by atoms with Crippen molar-refractivity contribution in [3.8, 4) is 0 Å². The van der Waals surface area contributed by atoms with Crippen molar-refractivity contribution in [1.82, 2.24) is 0 Å². The van der Waals surface area contributed by atoms with Crippen molar-refractivity contribution >= 4 is 5.69 Å². The molecule has 0 saturated carbocycles. The van der Waals surface area contributed by atoms with Gasteiger partial charge in [0.1, 0.15) is 17.3 Å². The zero-order chi connectivity index (χ0) is 12.4. The zero-order valence-electron chi connectivity index (χ0n) is 9.75. The number of nitrogens with zero attached hydrogens (tertiary/aromatic N) is 1. The van der Waals surface area contributed by atoms with E-state index in [1.165, 1.54) is 12.1 Å². The number of ether oxygens (including phenoxy) is 1. The normalized spacial score (nSPS) is 20.7. The molecule has 1 atom stereocenters. The fourth-order valence-electron chi connectivity index (χ4n) is 2.06. The molecule has 0 radical (unpaired) electrons. The molecule has 1 saturated heterocycles. The van der Waals surface area contributed by atoms with Crippen LogP contribution in [0.25, 0.3) is 0 Å². The molecule has 0 bridgehead atoms. The summed E-state index contributed by atoms with van der Waals surface area (Å²) < 4.78 is 33.0. The van der Waals surface area contributed by atoms with Crippen molar-refractivity contribution in [2.45, 2.75) is 19.6 Å². The van der Waals surface area contributed by atoms with Crippen LogP contribution in [0.4, 0.5) is 14.5 Å². The van der Waals surface area contributed by atoms with Crippen LogP contribution >= 0.6 is 0 Å². The van der Waals surface area contributed by atoms with Gasteiger partial charge in [-0.25, -0.2) is 8.78 Å². The van der Waals surface area contributed by atoms with Gasteiger partial charge in [0.2, 0.25) is 0 Å². The van der Waals surface area contributed by atoms with Crippen molar-refractivity contribution in [3.63, 3.8) is 0 Å². The minimum atomic E-state index is -0.556. The monoisotopic (exact) mass is 242 g/mol. The number of anilines is 1. The summed E-state index contributed by atoms with van der Waals surface area (Å²) in [7, 11) is 0. The first kappa shape index (κ1) is 12.3. The van der Waals surface area contributed by atoms with Crippen molar-refractivity contribution in [2.24, 2.45) is 5.73 Å². The lowest BCUT2D eigenvalue weighted by atomic mass is 10.1. The summed E-state index contributed by atoms with van der Waals surface area (Å²) in [5.41, 5.74) is 5.86. The van der Waals surface area contributed by atoms with Crippen LogP contribution in [0.1, 0.15) is 12.5 Å². The fourth-order valence-corrected chi connectivity index (χ4v) is 2.06. The molecular formula is C12H16F2N2O. The van der Waals surface area contributed by atoms with Gasteiger partial charge < -0.3 is 15.4 Å². The third kappa shape index (κ3) is 2.56. The van der Waals surface area contributed by atoms with Crippen molar-refractivity contribution < 1.29 is 13.5 Å². The lowest BCUT2D eigenvalue weighted by Crippen LogP contribution is -2.42. The van der Waals surface area contributed by atoms with Crippen LogP contribution in [0.5, 0.6) is 0 Å². The van der Waals surface area contributed by atoms with E-state index in [2.05, 4.69) is 0 Å². The molecular weight excluding hydrogens is 226 g/mol. The predicted octanol–water partition coefficient (Wildman–Crippen LogP) is 1.65. The zero-order valence-corrected chi connectivity index (χ0v) is 9.75. The largest absolute Gasteiger partial charge is 0.375 e. The number of hydrogen-bond donors (Lipinski definition) is 1. The van der Waals surface area contributed by atoms with E-state index in [9.17, 15) is 8.78 Å². The Morgan fingerprint density at radius 3 is 2.59 bits per heavy atom. The fraction of sp³-hybridized carbons (Fsp3) is 0.500. The summed E-state index contributed by atoms with van der Waals surface area (Å²) in [5, 5.41) is 0. The smallest absolute Gasteiger partial charge is 0.149 e. The molecule has 1 aromatic rings. The van der Waals surface area contributed by atoms with Gasteiger partial charge in [-0.3, -0.25) is 0 Å². The summed E-state index contributed by atoms with van der Waals surface area (Å²) in [6.45, 7) is 3.50. The van der Waals surface area contributed by atoms with Crippen LogP contribution in [0.15, 0.2) is 12.1 Å². The third-order valence-electron chi connectivity index (χ3n) is 2.87. The molecule has 94 valence electrons. The number of halogens is 2. The molecule has 5 heteroatoms. The van der Waals surface area contributed by atoms with Gasteiger partial charge in [0.25, 0.3) is 0 Å². The minimum Gasteiger partial charge on any atom is -0.375 e. The predicted molar refractivity (Wildman–Crippen MR) is 61.9 cm³/mol. The highest BCUT2D eigenvalue weighted by Crippen LogP contribution is 2.26. The summed E-state index contributed by atoms with van der Waals surface area (Å²) >= 11 is 0. The maximum atomic E-state index is 13.8. The second-order valence-corrected chi connectivity index (χ2v) is 4.24. The third-order valence-corrected chi connectivity index (χ3v) is 2.87. The van der Waals surface area contributed by atoms with Crippen LogP contribution < -0.4 is 10.6 Å². The highest BCUT2D eigenvalue weighted by atomic mass is 19.1. The lowest BCUT2D eigenvalue weighted by Gasteiger charge is -2.33. The molecule has 1 unspecified atom stereocenters. The number of benzene rings is 1. The number of rotatable bonds is 2. The quantitative estimate of drug-likeness (QED) is 0.857. The second kappa shape index (κ2) is 4.98. The maximum absolute atomic E-state index is 13.8. The summed E-state index contributed by atoms with van der Waals surface area (Å²) in [6.07, 6.45) is -0.0169. The van der Waals surface area contributed by atoms with Crippen LogP contribution in [0, 0.1) is 11.6 Å². The Morgan fingerprint density at radius 1 is 1.41 bits per heavy atom. The average Bonchev–Trinajstić information content (AvgIpc) is 2.28. The van der Waals surface area contributed by atoms with Gasteiger partial charge in [-0.1, -0.05) is 0 Å². The molecule has 2 N–H and O–H groups in total. The lowest BCUT2D eigenvalue weighted by molar-refractivity contribution is 0.0527. The molecule has 0 aromatic heterocycles. The van der Waals surface area contributed by atoms with Gasteiger partial charge in [-0.05, 0) is 24.6 Å². The highest BCUT2D eigenvalue weighted by molar-refractivity contribution is 5.51. The van der Waals surface area contributed by atoms with Crippen LogP contribution in [-0.2, 0) is 11.3 Å². The second-order valence-electron chi connectivity index (χ2n) is 4.24. The molecule has 17 heavy (non-hydrogen) atoms. The Kier molecular flexibility index (Phi) is 3.59. The van der Waals surface area contributed by atoms with E-state index in [4.69, 9.17) is 10.5 Å². The molecule has 1 aliphatic heterocycles. The van der Waals surface area contributed by atoms with E-state index in [1.54, 1.807) is 4.90 Å². The Balaban J connectivity index is 2.31. The van der Waals surface area contributed by atoms with Gasteiger partial charge in [-0.15, -0.1) is 0 Å². The Labute approximate surface area is 99.2 Å². The molecule has 1 heterocycles.